The van der Waals surface area contributed by atoms with Crippen LogP contribution in [0.2, 0.25) is 0 Å². The quantitative estimate of drug-likeness (QED) is 0.820. The van der Waals surface area contributed by atoms with Crippen molar-refractivity contribution in [1.82, 2.24) is 9.66 Å². The van der Waals surface area contributed by atoms with Gasteiger partial charge in [-0.3, -0.25) is 4.79 Å². The number of rotatable bonds is 4. The van der Waals surface area contributed by atoms with Gasteiger partial charge in [0.05, 0.1) is 10.9 Å². The number of carbonyl (C=O) groups excluding carboxylic acids is 1. The Labute approximate surface area is 121 Å². The molecule has 0 bridgehead atoms. The van der Waals surface area contributed by atoms with Crippen LogP contribution in [0, 0.1) is 5.92 Å². The molecule has 0 fully saturated rings. The van der Waals surface area contributed by atoms with Crippen molar-refractivity contribution in [2.75, 3.05) is 5.59 Å². The molecule has 0 amide bonds. The molecule has 0 unspecified atom stereocenters. The van der Waals surface area contributed by atoms with Crippen LogP contribution in [0.4, 0.5) is 0 Å². The van der Waals surface area contributed by atoms with Gasteiger partial charge in [0, 0.05) is 6.92 Å². The van der Waals surface area contributed by atoms with Gasteiger partial charge in [-0.25, -0.2) is 9.78 Å². The Morgan fingerprint density at radius 3 is 2.67 bits per heavy atom. The summed E-state index contributed by atoms with van der Waals surface area (Å²) in [5, 5.41) is 10.6. The summed E-state index contributed by atoms with van der Waals surface area (Å²) in [6, 6.07) is 6.76. The van der Waals surface area contributed by atoms with Crippen molar-refractivity contribution in [2.45, 2.75) is 26.9 Å². The lowest BCUT2D eigenvalue weighted by molar-refractivity contribution is -0.139. The highest BCUT2D eigenvalue weighted by molar-refractivity contribution is 5.77. The molecule has 0 aliphatic carbocycles. The first-order chi connectivity index (χ1) is 9.91. The molecule has 1 atom stereocenters. The van der Waals surface area contributed by atoms with E-state index in [4.69, 9.17) is 0 Å². The Bertz CT molecular complexity index is 724. The predicted molar refractivity (Wildman–Crippen MR) is 76.9 cm³/mol. The van der Waals surface area contributed by atoms with Gasteiger partial charge in [-0.05, 0) is 18.1 Å². The lowest BCUT2D eigenvalue weighted by Gasteiger charge is -2.19. The van der Waals surface area contributed by atoms with E-state index in [1.807, 2.05) is 0 Å². The first-order valence-electron chi connectivity index (χ1n) is 6.55. The van der Waals surface area contributed by atoms with Crippen LogP contribution in [0.15, 0.2) is 29.1 Å². The smallest absolute Gasteiger partial charge is 0.331 e. The van der Waals surface area contributed by atoms with Crippen molar-refractivity contribution < 1.29 is 14.7 Å². The van der Waals surface area contributed by atoms with Crippen LogP contribution >= 0.6 is 0 Å². The van der Waals surface area contributed by atoms with Gasteiger partial charge in [0.15, 0.2) is 5.82 Å². The lowest BCUT2D eigenvalue weighted by atomic mass is 10.1. The Morgan fingerprint density at radius 1 is 1.38 bits per heavy atom. The van der Waals surface area contributed by atoms with Crippen LogP contribution in [0.1, 0.15) is 32.7 Å². The lowest BCUT2D eigenvalue weighted by Crippen LogP contribution is -2.35. The third kappa shape index (κ3) is 3.03. The zero-order valence-corrected chi connectivity index (χ0v) is 12.0. The van der Waals surface area contributed by atoms with E-state index in [2.05, 4.69) is 15.4 Å². The third-order valence-electron chi connectivity index (χ3n) is 2.98. The van der Waals surface area contributed by atoms with Crippen molar-refractivity contribution >= 4 is 16.9 Å². The number of hydrogen-bond acceptors (Lipinski definition) is 6. The fraction of sp³-hybridized carbons (Fsp3) is 0.357. The van der Waals surface area contributed by atoms with Gasteiger partial charge in [0.1, 0.15) is 6.10 Å². The van der Waals surface area contributed by atoms with E-state index in [0.717, 1.165) is 4.68 Å². The molecule has 7 heteroatoms. The fourth-order valence-corrected chi connectivity index (χ4v) is 1.84. The molecule has 0 radical (unpaired) electrons. The van der Waals surface area contributed by atoms with Crippen molar-refractivity contribution in [2.24, 2.45) is 5.92 Å². The number of aromatic nitrogens is 2. The van der Waals surface area contributed by atoms with E-state index in [-0.39, 0.29) is 11.7 Å². The maximum absolute atomic E-state index is 12.4. The van der Waals surface area contributed by atoms with Gasteiger partial charge in [0.2, 0.25) is 0 Å². The Hall–Kier alpha value is -2.41. The van der Waals surface area contributed by atoms with Crippen molar-refractivity contribution in [1.29, 1.82) is 0 Å². The van der Waals surface area contributed by atoms with Gasteiger partial charge in [-0.1, -0.05) is 26.0 Å². The first kappa shape index (κ1) is 15.0. The van der Waals surface area contributed by atoms with Crippen molar-refractivity contribution in [3.8, 4) is 0 Å². The molecule has 1 aromatic heterocycles. The zero-order valence-electron chi connectivity index (χ0n) is 12.0. The molecule has 2 N–H and O–H groups in total. The maximum atomic E-state index is 12.4. The number of aliphatic hydroxyl groups excluding tert-OH is 1. The van der Waals surface area contributed by atoms with Gasteiger partial charge < -0.3 is 9.94 Å². The monoisotopic (exact) mass is 291 g/mol. The molecule has 7 nitrogen and oxygen atoms in total. The SMILES string of the molecule is CC(=O)ONn1c([C@@H](O)C(C)C)nc2ccccc2c1=O. The van der Waals surface area contributed by atoms with Crippen LogP contribution in [0.3, 0.4) is 0 Å². The van der Waals surface area contributed by atoms with Crippen LogP contribution in [-0.4, -0.2) is 20.7 Å². The minimum Gasteiger partial charge on any atom is -0.385 e. The molecule has 0 saturated heterocycles. The van der Waals surface area contributed by atoms with Crippen molar-refractivity contribution in [3.63, 3.8) is 0 Å². The summed E-state index contributed by atoms with van der Waals surface area (Å²) in [6.07, 6.45) is -0.981. The average Bonchev–Trinajstić information content (AvgIpc) is 2.45. The maximum Gasteiger partial charge on any atom is 0.331 e. The van der Waals surface area contributed by atoms with Crippen LogP contribution in [0.5, 0.6) is 0 Å². The summed E-state index contributed by atoms with van der Waals surface area (Å²) >= 11 is 0. The Kier molecular flexibility index (Phi) is 4.23. The summed E-state index contributed by atoms with van der Waals surface area (Å²) in [5.41, 5.74) is 2.26. The van der Waals surface area contributed by atoms with E-state index in [0.29, 0.717) is 10.9 Å². The molecule has 2 rings (SSSR count). The average molecular weight is 291 g/mol. The van der Waals surface area contributed by atoms with Crippen LogP contribution < -0.4 is 11.1 Å². The number of carbonyl (C=O) groups is 1. The molecule has 2 aromatic rings. The highest BCUT2D eigenvalue weighted by atomic mass is 16.7. The molecule has 1 heterocycles. The number of nitrogens with zero attached hydrogens (tertiary/aromatic N) is 2. The Balaban J connectivity index is 2.65. The van der Waals surface area contributed by atoms with E-state index in [1.54, 1.807) is 38.1 Å². The van der Waals surface area contributed by atoms with E-state index >= 15 is 0 Å². The summed E-state index contributed by atoms with van der Waals surface area (Å²) < 4.78 is 0.953. The number of hydrogen-bond donors (Lipinski definition) is 2. The number of para-hydroxylation sites is 1. The highest BCUT2D eigenvalue weighted by Crippen LogP contribution is 2.19. The third-order valence-corrected chi connectivity index (χ3v) is 2.98. The first-order valence-corrected chi connectivity index (χ1v) is 6.55. The molecule has 0 saturated carbocycles. The molecular weight excluding hydrogens is 274 g/mol. The number of nitrogens with one attached hydrogen (secondary N) is 1. The summed E-state index contributed by atoms with van der Waals surface area (Å²) in [5.74, 6) is -0.682. The number of aliphatic hydroxyl groups is 1. The second-order valence-electron chi connectivity index (χ2n) is 5.00. The number of benzene rings is 1. The highest BCUT2D eigenvalue weighted by Gasteiger charge is 2.21. The van der Waals surface area contributed by atoms with Crippen molar-refractivity contribution in [3.05, 3.63) is 40.4 Å². The summed E-state index contributed by atoms with van der Waals surface area (Å²) in [4.78, 5) is 32.3. The van der Waals surface area contributed by atoms with Gasteiger partial charge in [-0.15, -0.1) is 5.59 Å². The molecule has 21 heavy (non-hydrogen) atoms. The van der Waals surface area contributed by atoms with Gasteiger partial charge in [-0.2, -0.15) is 4.68 Å². The molecular formula is C14H17N3O4. The van der Waals surface area contributed by atoms with E-state index in [9.17, 15) is 14.7 Å². The minimum absolute atomic E-state index is 0.0925. The van der Waals surface area contributed by atoms with Gasteiger partial charge in [0.25, 0.3) is 5.56 Å². The molecule has 112 valence electrons. The summed E-state index contributed by atoms with van der Waals surface area (Å²) in [6.45, 7) is 4.79. The number of fused-ring (bicyclic) bond motifs is 1. The standard InChI is InChI=1S/C14H17N3O4/c1-8(2)12(19)13-15-11-7-5-4-6-10(11)14(20)17(13)16-21-9(3)18/h4-8,12,16,19H,1-3H3/t12-/m0/s1. The fourth-order valence-electron chi connectivity index (χ4n) is 1.84. The Morgan fingerprint density at radius 2 is 2.05 bits per heavy atom. The topological polar surface area (TPSA) is 93.4 Å². The zero-order chi connectivity index (χ0) is 15.6. The van der Waals surface area contributed by atoms with Crippen LogP contribution in [-0.2, 0) is 9.63 Å². The molecule has 0 aliphatic rings. The minimum atomic E-state index is -0.981. The van der Waals surface area contributed by atoms with Gasteiger partial charge >= 0.3 is 5.97 Å². The molecule has 0 aliphatic heterocycles. The van der Waals surface area contributed by atoms with E-state index < -0.39 is 17.6 Å². The van der Waals surface area contributed by atoms with Crippen LogP contribution in [0.25, 0.3) is 10.9 Å². The predicted octanol–water partition coefficient (Wildman–Crippen LogP) is 1.11. The second-order valence-corrected chi connectivity index (χ2v) is 5.00. The second kappa shape index (κ2) is 5.92. The molecule has 0 spiro atoms. The molecule has 1 aromatic carbocycles. The normalized spacial score (nSPS) is 12.4. The largest absolute Gasteiger partial charge is 0.385 e. The van der Waals surface area contributed by atoms with E-state index in [1.165, 1.54) is 6.92 Å². The summed E-state index contributed by atoms with van der Waals surface area (Å²) in [7, 11) is 0.